The fourth-order valence-corrected chi connectivity index (χ4v) is 1.35. The molecule has 0 radical (unpaired) electrons. The highest BCUT2D eigenvalue weighted by Crippen LogP contribution is 2.36. The molecule has 2 aromatic heterocycles. The van der Waals surface area contributed by atoms with Crippen LogP contribution in [0.2, 0.25) is 0 Å². The van der Waals surface area contributed by atoms with Crippen LogP contribution in [-0.2, 0) is 0 Å². The van der Waals surface area contributed by atoms with Gasteiger partial charge in [-0.15, -0.1) is 5.10 Å². The highest BCUT2D eigenvalue weighted by atomic mass is 19.4. The minimum Gasteiger partial charge on any atom is -0.483 e. The number of halogens is 5. The van der Waals surface area contributed by atoms with Crippen LogP contribution in [0.4, 0.5) is 27.9 Å². The summed E-state index contributed by atoms with van der Waals surface area (Å²) < 4.78 is 67.4. The number of hydrogen-bond donors (Lipinski definition) is 1. The first-order valence-corrected chi connectivity index (χ1v) is 5.35. The number of aromatic nitrogens is 3. The van der Waals surface area contributed by atoms with Crippen molar-refractivity contribution in [3.63, 3.8) is 0 Å². The highest BCUT2D eigenvalue weighted by Gasteiger charge is 2.58. The Morgan fingerprint density at radius 1 is 1.30 bits per heavy atom. The zero-order valence-electron chi connectivity index (χ0n) is 10.1. The fourth-order valence-electron chi connectivity index (χ4n) is 1.35. The molecule has 110 valence electrons. The first-order chi connectivity index (χ1) is 9.24. The molecule has 0 aliphatic heterocycles. The highest BCUT2D eigenvalue weighted by molar-refractivity contribution is 5.55. The van der Waals surface area contributed by atoms with Crippen molar-refractivity contribution in [2.24, 2.45) is 0 Å². The smallest absolute Gasteiger partial charge is 0.456 e. The quantitative estimate of drug-likeness (QED) is 0.880. The normalized spacial score (nSPS) is 12.7. The van der Waals surface area contributed by atoms with Crippen molar-refractivity contribution in [2.45, 2.75) is 12.1 Å². The van der Waals surface area contributed by atoms with Gasteiger partial charge in [-0.05, 0) is 12.1 Å². The van der Waals surface area contributed by atoms with Gasteiger partial charge in [0.2, 0.25) is 5.95 Å². The number of pyridine rings is 1. The number of alkyl halides is 5. The Morgan fingerprint density at radius 3 is 2.60 bits per heavy atom. The first-order valence-electron chi connectivity index (χ1n) is 5.35. The number of fused-ring (bicyclic) bond motifs is 1. The second-order valence-corrected chi connectivity index (χ2v) is 3.82. The predicted octanol–water partition coefficient (Wildman–Crippen LogP) is 2.35. The van der Waals surface area contributed by atoms with E-state index in [1.807, 2.05) is 0 Å². The van der Waals surface area contributed by atoms with Gasteiger partial charge >= 0.3 is 12.1 Å². The Hall–Kier alpha value is -2.13. The van der Waals surface area contributed by atoms with Crippen LogP contribution < -0.4 is 10.1 Å². The maximum absolute atomic E-state index is 12.8. The van der Waals surface area contributed by atoms with Gasteiger partial charge in [0, 0.05) is 13.2 Å². The molecule has 0 aliphatic rings. The van der Waals surface area contributed by atoms with Gasteiger partial charge in [0.15, 0.2) is 18.0 Å². The number of nitrogens with zero attached hydrogens (tertiary/aromatic N) is 3. The molecule has 10 heteroatoms. The maximum atomic E-state index is 12.8. The van der Waals surface area contributed by atoms with E-state index in [0.717, 1.165) is 0 Å². The zero-order chi connectivity index (χ0) is 15.0. The van der Waals surface area contributed by atoms with E-state index in [4.69, 9.17) is 0 Å². The Labute approximate surface area is 109 Å². The molecular weight excluding hydrogens is 287 g/mol. The molecule has 0 fully saturated rings. The van der Waals surface area contributed by atoms with Crippen molar-refractivity contribution < 1.29 is 26.7 Å². The van der Waals surface area contributed by atoms with Crippen molar-refractivity contribution in [2.75, 3.05) is 19.0 Å². The van der Waals surface area contributed by atoms with Crippen LogP contribution >= 0.6 is 0 Å². The monoisotopic (exact) mass is 296 g/mol. The minimum absolute atomic E-state index is 0.0369. The molecule has 0 saturated carbocycles. The number of nitrogens with one attached hydrogen (secondary N) is 1. The summed E-state index contributed by atoms with van der Waals surface area (Å²) in [7, 11) is 1.53. The second kappa shape index (κ2) is 4.76. The third-order valence-corrected chi connectivity index (χ3v) is 2.37. The van der Waals surface area contributed by atoms with Gasteiger partial charge in [-0.1, -0.05) is 0 Å². The van der Waals surface area contributed by atoms with Crippen LogP contribution in [0.1, 0.15) is 0 Å². The molecule has 2 rings (SSSR count). The van der Waals surface area contributed by atoms with Crippen molar-refractivity contribution in [1.82, 2.24) is 14.6 Å². The Morgan fingerprint density at radius 2 is 2.00 bits per heavy atom. The van der Waals surface area contributed by atoms with Crippen LogP contribution in [-0.4, -0.2) is 40.4 Å². The van der Waals surface area contributed by atoms with Gasteiger partial charge in [0.05, 0.1) is 0 Å². The molecule has 0 aliphatic carbocycles. The van der Waals surface area contributed by atoms with Gasteiger partial charge < -0.3 is 10.1 Å². The summed E-state index contributed by atoms with van der Waals surface area (Å²) >= 11 is 0. The molecule has 0 spiro atoms. The summed E-state index contributed by atoms with van der Waals surface area (Å²) in [5.74, 6) is -4.97. The second-order valence-electron chi connectivity index (χ2n) is 3.82. The average Bonchev–Trinajstić information content (AvgIpc) is 2.78. The SMILES string of the molecule is CNc1nc2c(OCC(F)(F)C(F)(F)F)cccn2n1. The van der Waals surface area contributed by atoms with Gasteiger partial charge in [0.1, 0.15) is 0 Å². The van der Waals surface area contributed by atoms with Crippen molar-refractivity contribution in [1.29, 1.82) is 0 Å². The largest absolute Gasteiger partial charge is 0.483 e. The van der Waals surface area contributed by atoms with Gasteiger partial charge in [-0.3, -0.25) is 0 Å². The molecule has 20 heavy (non-hydrogen) atoms. The fraction of sp³-hybridized carbons (Fsp3) is 0.400. The lowest BCUT2D eigenvalue weighted by molar-refractivity contribution is -0.289. The van der Waals surface area contributed by atoms with E-state index in [2.05, 4.69) is 20.1 Å². The summed E-state index contributed by atoms with van der Waals surface area (Å²) in [4.78, 5) is 3.88. The van der Waals surface area contributed by atoms with E-state index in [0.29, 0.717) is 0 Å². The molecule has 2 heterocycles. The van der Waals surface area contributed by atoms with Crippen LogP contribution in [0.25, 0.3) is 5.65 Å². The minimum atomic E-state index is -5.66. The first kappa shape index (κ1) is 14.3. The third kappa shape index (κ3) is 2.58. The number of rotatable bonds is 4. The van der Waals surface area contributed by atoms with Crippen LogP contribution in [0.15, 0.2) is 18.3 Å². The summed E-state index contributed by atoms with van der Waals surface area (Å²) in [6, 6.07) is 2.62. The average molecular weight is 296 g/mol. The Kier molecular flexibility index (Phi) is 3.40. The van der Waals surface area contributed by atoms with E-state index in [-0.39, 0.29) is 17.3 Å². The molecule has 0 amide bonds. The van der Waals surface area contributed by atoms with E-state index < -0.39 is 18.7 Å². The molecule has 0 unspecified atom stereocenters. The van der Waals surface area contributed by atoms with Crippen LogP contribution in [0, 0.1) is 0 Å². The lowest BCUT2D eigenvalue weighted by Gasteiger charge is -2.19. The molecule has 0 bridgehead atoms. The molecule has 5 nitrogen and oxygen atoms in total. The van der Waals surface area contributed by atoms with Gasteiger partial charge in [-0.2, -0.15) is 26.9 Å². The van der Waals surface area contributed by atoms with E-state index in [9.17, 15) is 22.0 Å². The molecule has 0 saturated heterocycles. The van der Waals surface area contributed by atoms with E-state index >= 15 is 0 Å². The zero-order valence-corrected chi connectivity index (χ0v) is 10.1. The van der Waals surface area contributed by atoms with Crippen LogP contribution in [0.5, 0.6) is 5.75 Å². The summed E-state index contributed by atoms with van der Waals surface area (Å²) in [6.45, 7) is -1.82. The number of hydrogen-bond acceptors (Lipinski definition) is 4. The van der Waals surface area contributed by atoms with Crippen molar-refractivity contribution >= 4 is 11.6 Å². The summed E-state index contributed by atoms with van der Waals surface area (Å²) in [5, 5.41) is 6.50. The maximum Gasteiger partial charge on any atom is 0.456 e. The predicted molar refractivity (Wildman–Crippen MR) is 59.0 cm³/mol. The Bertz CT molecular complexity index is 609. The third-order valence-electron chi connectivity index (χ3n) is 2.37. The number of ether oxygens (including phenoxy) is 1. The topological polar surface area (TPSA) is 51.5 Å². The number of anilines is 1. The van der Waals surface area contributed by atoms with Gasteiger partial charge in [0.25, 0.3) is 0 Å². The molecule has 2 aromatic rings. The van der Waals surface area contributed by atoms with E-state index in [1.165, 1.54) is 29.9 Å². The van der Waals surface area contributed by atoms with Crippen LogP contribution in [0.3, 0.4) is 0 Å². The summed E-state index contributed by atoms with van der Waals surface area (Å²) in [5.41, 5.74) is 0.0369. The molecular formula is C10H9F5N4O. The van der Waals surface area contributed by atoms with E-state index in [1.54, 1.807) is 0 Å². The molecule has 0 aromatic carbocycles. The Balaban J connectivity index is 2.24. The van der Waals surface area contributed by atoms with Crippen molar-refractivity contribution in [3.8, 4) is 5.75 Å². The molecule has 0 atom stereocenters. The van der Waals surface area contributed by atoms with Crippen molar-refractivity contribution in [3.05, 3.63) is 18.3 Å². The molecule has 1 N–H and O–H groups in total. The van der Waals surface area contributed by atoms with Gasteiger partial charge in [-0.25, -0.2) is 4.52 Å². The standard InChI is InChI=1S/C10H9F5N4O/c1-16-8-17-7-6(3-2-4-19(7)18-8)20-5-9(11,12)10(13,14)15/h2-4H,5H2,1H3,(H,16,18). The summed E-state index contributed by atoms with van der Waals surface area (Å²) in [6.07, 6.45) is -4.21. The lowest BCUT2D eigenvalue weighted by Crippen LogP contribution is -2.41. The lowest BCUT2D eigenvalue weighted by atomic mass is 10.3.